The Balaban J connectivity index is 2.13. The molecule has 3 heteroatoms. The highest BCUT2D eigenvalue weighted by Gasteiger charge is 2.51. The van der Waals surface area contributed by atoms with Crippen molar-refractivity contribution >= 4 is 22.6 Å². The van der Waals surface area contributed by atoms with Gasteiger partial charge in [0.2, 0.25) is 0 Å². The molecule has 1 aliphatic heterocycles. The molecule has 1 aliphatic carbocycles. The number of hydrogen-bond donors (Lipinski definition) is 0. The highest BCUT2D eigenvalue weighted by Crippen LogP contribution is 2.59. The Morgan fingerprint density at radius 3 is 2.00 bits per heavy atom. The quantitative estimate of drug-likeness (QED) is 0.731. The Morgan fingerprint density at radius 1 is 0.944 bits per heavy atom. The van der Waals surface area contributed by atoms with Gasteiger partial charge < -0.3 is 0 Å². The van der Waals surface area contributed by atoms with Gasteiger partial charge in [-0.25, -0.2) is 0 Å². The van der Waals surface area contributed by atoms with Gasteiger partial charge in [-0.3, -0.25) is 4.21 Å². The van der Waals surface area contributed by atoms with Crippen LogP contribution in [0.15, 0.2) is 48.5 Å². The van der Waals surface area contributed by atoms with E-state index in [2.05, 4.69) is 48.5 Å². The zero-order chi connectivity index (χ0) is 12.2. The van der Waals surface area contributed by atoms with Gasteiger partial charge in [0.15, 0.2) is 0 Å². The van der Waals surface area contributed by atoms with Crippen molar-refractivity contribution in [3.8, 4) is 11.1 Å². The van der Waals surface area contributed by atoms with Gasteiger partial charge >= 0.3 is 0 Å². The minimum atomic E-state index is -0.817. The van der Waals surface area contributed by atoms with Gasteiger partial charge in [-0.1, -0.05) is 48.5 Å². The molecule has 1 unspecified atom stereocenters. The number of thioether (sulfide) groups is 1. The molecule has 0 amide bonds. The molecular weight excluding hydrogens is 260 g/mol. The molecule has 0 aromatic heterocycles. The third-order valence-corrected chi connectivity index (χ3v) is 7.83. The van der Waals surface area contributed by atoms with Crippen LogP contribution in [0, 0.1) is 0 Å². The first-order chi connectivity index (χ1) is 8.84. The molecule has 4 rings (SSSR count). The first kappa shape index (κ1) is 10.8. The lowest BCUT2D eigenvalue weighted by Crippen LogP contribution is -2.22. The Morgan fingerprint density at radius 2 is 1.50 bits per heavy atom. The van der Waals surface area contributed by atoms with Crippen molar-refractivity contribution in [1.82, 2.24) is 0 Å². The van der Waals surface area contributed by atoms with E-state index >= 15 is 0 Å². The van der Waals surface area contributed by atoms with E-state index in [1.165, 1.54) is 22.3 Å². The van der Waals surface area contributed by atoms with Gasteiger partial charge in [-0.2, -0.15) is 0 Å². The summed E-state index contributed by atoms with van der Waals surface area (Å²) in [5.74, 6) is 1.78. The van der Waals surface area contributed by atoms with Crippen molar-refractivity contribution in [3.63, 3.8) is 0 Å². The summed E-state index contributed by atoms with van der Waals surface area (Å²) in [6.07, 6.45) is 0. The lowest BCUT2D eigenvalue weighted by Gasteiger charge is -2.23. The Bertz CT molecular complexity index is 618. The van der Waals surface area contributed by atoms with E-state index in [-0.39, 0.29) is 4.08 Å². The third kappa shape index (κ3) is 1.16. The standard InChI is InChI=1S/C15H12OS2/c16-18-10-9-17-15(18)13-7-3-1-5-11(13)12-6-2-4-8-14(12)15/h1-8H,9-10H2. The molecule has 2 aliphatic rings. The summed E-state index contributed by atoms with van der Waals surface area (Å²) in [5.41, 5.74) is 5.01. The van der Waals surface area contributed by atoms with Crippen LogP contribution in [0.1, 0.15) is 11.1 Å². The van der Waals surface area contributed by atoms with Crippen molar-refractivity contribution in [2.75, 3.05) is 11.5 Å². The molecule has 1 saturated heterocycles. The summed E-state index contributed by atoms with van der Waals surface area (Å²) < 4.78 is 12.3. The van der Waals surface area contributed by atoms with Crippen LogP contribution in [-0.2, 0) is 14.9 Å². The third-order valence-electron chi connectivity index (χ3n) is 3.75. The van der Waals surface area contributed by atoms with Crippen LogP contribution >= 0.6 is 11.8 Å². The smallest absolute Gasteiger partial charge is 0.142 e. The summed E-state index contributed by atoms with van der Waals surface area (Å²) in [6, 6.07) is 16.8. The monoisotopic (exact) mass is 272 g/mol. The molecule has 0 bridgehead atoms. The van der Waals surface area contributed by atoms with E-state index in [4.69, 9.17) is 0 Å². The Hall–Kier alpha value is -1.06. The van der Waals surface area contributed by atoms with E-state index in [1.807, 2.05) is 11.8 Å². The number of rotatable bonds is 0. The minimum absolute atomic E-state index is 0.298. The summed E-state index contributed by atoms with van der Waals surface area (Å²) in [7, 11) is -0.817. The highest BCUT2D eigenvalue weighted by molar-refractivity contribution is 8.15. The van der Waals surface area contributed by atoms with Gasteiger partial charge in [0.1, 0.15) is 4.08 Å². The molecule has 1 heterocycles. The fourth-order valence-corrected chi connectivity index (χ4v) is 7.08. The molecular formula is C15H12OS2. The second-order valence-corrected chi connectivity index (χ2v) is 7.89. The average molecular weight is 272 g/mol. The van der Waals surface area contributed by atoms with E-state index in [0.717, 1.165) is 11.5 Å². The second kappa shape index (κ2) is 3.72. The van der Waals surface area contributed by atoms with E-state index in [9.17, 15) is 4.21 Å². The molecule has 1 nitrogen and oxygen atoms in total. The number of hydrogen-bond acceptors (Lipinski definition) is 2. The van der Waals surface area contributed by atoms with Crippen molar-refractivity contribution < 1.29 is 4.21 Å². The molecule has 1 fully saturated rings. The Kier molecular flexibility index (Phi) is 2.24. The van der Waals surface area contributed by atoms with Crippen molar-refractivity contribution in [2.45, 2.75) is 4.08 Å². The molecule has 0 N–H and O–H groups in total. The Labute approximate surface area is 113 Å². The maximum absolute atomic E-state index is 12.6. The van der Waals surface area contributed by atoms with Crippen LogP contribution in [0.4, 0.5) is 0 Å². The average Bonchev–Trinajstić information content (AvgIpc) is 2.94. The van der Waals surface area contributed by atoms with E-state index < -0.39 is 10.8 Å². The summed E-state index contributed by atoms with van der Waals surface area (Å²) >= 11 is 1.85. The van der Waals surface area contributed by atoms with Gasteiger partial charge in [0.25, 0.3) is 0 Å². The van der Waals surface area contributed by atoms with Gasteiger partial charge in [-0.15, -0.1) is 11.8 Å². The molecule has 18 heavy (non-hydrogen) atoms. The largest absolute Gasteiger partial charge is 0.257 e. The predicted molar refractivity (Wildman–Crippen MR) is 78.1 cm³/mol. The molecule has 0 radical (unpaired) electrons. The number of benzene rings is 2. The van der Waals surface area contributed by atoms with Crippen molar-refractivity contribution in [3.05, 3.63) is 59.7 Å². The summed E-state index contributed by atoms with van der Waals surface area (Å²) in [4.78, 5) is 0. The van der Waals surface area contributed by atoms with E-state index in [0.29, 0.717) is 0 Å². The first-order valence-electron chi connectivity index (χ1n) is 6.06. The van der Waals surface area contributed by atoms with Crippen LogP contribution in [0.2, 0.25) is 0 Å². The summed E-state index contributed by atoms with van der Waals surface area (Å²) in [6.45, 7) is 0. The first-order valence-corrected chi connectivity index (χ1v) is 8.36. The topological polar surface area (TPSA) is 17.1 Å². The van der Waals surface area contributed by atoms with Crippen LogP contribution in [0.25, 0.3) is 11.1 Å². The molecule has 2 aromatic rings. The molecule has 0 saturated carbocycles. The minimum Gasteiger partial charge on any atom is -0.257 e. The van der Waals surface area contributed by atoms with Crippen molar-refractivity contribution in [1.29, 1.82) is 0 Å². The molecule has 2 aromatic carbocycles. The lowest BCUT2D eigenvalue weighted by molar-refractivity contribution is 0.678. The predicted octanol–water partition coefficient (Wildman–Crippen LogP) is 3.36. The number of fused-ring (bicyclic) bond motifs is 5. The summed E-state index contributed by atoms with van der Waals surface area (Å²) in [5, 5.41) is 0. The van der Waals surface area contributed by atoms with Crippen LogP contribution in [-0.4, -0.2) is 15.7 Å². The second-order valence-electron chi connectivity index (χ2n) is 4.61. The fraction of sp³-hybridized carbons (Fsp3) is 0.200. The normalized spacial score (nSPS) is 23.0. The van der Waals surface area contributed by atoms with Gasteiger partial charge in [0, 0.05) is 22.3 Å². The zero-order valence-electron chi connectivity index (χ0n) is 9.76. The van der Waals surface area contributed by atoms with E-state index in [1.54, 1.807) is 0 Å². The molecule has 90 valence electrons. The fourth-order valence-electron chi connectivity index (χ4n) is 3.03. The lowest BCUT2D eigenvalue weighted by atomic mass is 10.1. The van der Waals surface area contributed by atoms with Gasteiger partial charge in [-0.05, 0) is 22.3 Å². The van der Waals surface area contributed by atoms with Crippen LogP contribution in [0.5, 0.6) is 0 Å². The zero-order valence-corrected chi connectivity index (χ0v) is 11.4. The maximum atomic E-state index is 12.6. The maximum Gasteiger partial charge on any atom is 0.142 e. The SMILES string of the molecule is O=S1CCSC12c1ccccc1-c1ccccc12. The van der Waals surface area contributed by atoms with Crippen LogP contribution < -0.4 is 0 Å². The van der Waals surface area contributed by atoms with Crippen molar-refractivity contribution in [2.24, 2.45) is 0 Å². The molecule has 1 atom stereocenters. The van der Waals surface area contributed by atoms with Gasteiger partial charge in [0.05, 0.1) is 0 Å². The molecule has 1 spiro atoms. The highest BCUT2D eigenvalue weighted by atomic mass is 32.2. The van der Waals surface area contributed by atoms with Crippen LogP contribution in [0.3, 0.4) is 0 Å².